The first-order valence-electron chi connectivity index (χ1n) is 5.63. The summed E-state index contributed by atoms with van der Waals surface area (Å²) in [5, 5.41) is 14.1. The van der Waals surface area contributed by atoms with Crippen LogP contribution in [0.5, 0.6) is 0 Å². The average molecular weight is 279 g/mol. The fourth-order valence-corrected chi connectivity index (χ4v) is 2.77. The van der Waals surface area contributed by atoms with Crippen LogP contribution in [0.25, 0.3) is 6.08 Å². The Balaban J connectivity index is 1.90. The highest BCUT2D eigenvalue weighted by molar-refractivity contribution is 7.15. The van der Waals surface area contributed by atoms with Crippen molar-refractivity contribution >= 4 is 39.8 Å². The summed E-state index contributed by atoms with van der Waals surface area (Å²) in [4.78, 5) is 12.7. The minimum atomic E-state index is -0.178. The van der Waals surface area contributed by atoms with Crippen molar-refractivity contribution in [2.45, 2.75) is 19.8 Å². The standard InChI is InChI=1S/C12H13N3OS2/c1-2-4-11-14-15-12(18-11)13-10(16)7-6-9-5-3-8-17-9/h3,5-8H,2,4H2,1H3,(H,13,15,16)/b7-6+. The second kappa shape index (κ2) is 6.42. The predicted octanol–water partition coefficient (Wildman–Crippen LogP) is 3.20. The van der Waals surface area contributed by atoms with Crippen LogP contribution in [0.2, 0.25) is 0 Å². The van der Waals surface area contributed by atoms with Gasteiger partial charge in [-0.15, -0.1) is 21.5 Å². The van der Waals surface area contributed by atoms with Gasteiger partial charge in [-0.1, -0.05) is 24.3 Å². The summed E-state index contributed by atoms with van der Waals surface area (Å²) in [5.74, 6) is -0.178. The van der Waals surface area contributed by atoms with E-state index in [0.29, 0.717) is 5.13 Å². The summed E-state index contributed by atoms with van der Waals surface area (Å²) >= 11 is 3.01. The highest BCUT2D eigenvalue weighted by Gasteiger charge is 2.05. The lowest BCUT2D eigenvalue weighted by Crippen LogP contribution is -2.07. The molecule has 0 unspecified atom stereocenters. The molecule has 1 amide bonds. The number of amides is 1. The van der Waals surface area contributed by atoms with Crippen molar-refractivity contribution in [2.24, 2.45) is 0 Å². The molecule has 0 fully saturated rings. The molecule has 0 atom stereocenters. The number of hydrogen-bond donors (Lipinski definition) is 1. The minimum absolute atomic E-state index is 0.178. The molecule has 18 heavy (non-hydrogen) atoms. The predicted molar refractivity (Wildman–Crippen MR) is 75.9 cm³/mol. The van der Waals surface area contributed by atoms with E-state index in [-0.39, 0.29) is 5.91 Å². The third kappa shape index (κ3) is 3.75. The lowest BCUT2D eigenvalue weighted by Gasteiger charge is -1.93. The van der Waals surface area contributed by atoms with Gasteiger partial charge in [-0.05, 0) is 23.9 Å². The topological polar surface area (TPSA) is 54.9 Å². The summed E-state index contributed by atoms with van der Waals surface area (Å²) in [6.45, 7) is 2.09. The molecular weight excluding hydrogens is 266 g/mol. The van der Waals surface area contributed by atoms with Crippen LogP contribution in [0.3, 0.4) is 0 Å². The number of nitrogens with one attached hydrogen (secondary N) is 1. The van der Waals surface area contributed by atoms with Gasteiger partial charge in [0.15, 0.2) is 0 Å². The Labute approximate surface area is 113 Å². The Hall–Kier alpha value is -1.53. The Morgan fingerprint density at radius 3 is 3.11 bits per heavy atom. The third-order valence-electron chi connectivity index (χ3n) is 2.10. The second-order valence-corrected chi connectivity index (χ2v) is 5.63. The number of carbonyl (C=O) groups excluding carboxylic acids is 1. The Kier molecular flexibility index (Phi) is 4.60. The van der Waals surface area contributed by atoms with Gasteiger partial charge in [0.05, 0.1) is 0 Å². The lowest BCUT2D eigenvalue weighted by molar-refractivity contribution is -0.111. The van der Waals surface area contributed by atoms with E-state index in [1.165, 1.54) is 17.4 Å². The van der Waals surface area contributed by atoms with Gasteiger partial charge >= 0.3 is 0 Å². The van der Waals surface area contributed by atoms with Crippen molar-refractivity contribution in [3.63, 3.8) is 0 Å². The first-order chi connectivity index (χ1) is 8.78. The zero-order valence-electron chi connectivity index (χ0n) is 9.92. The molecule has 0 bridgehead atoms. The molecule has 0 spiro atoms. The van der Waals surface area contributed by atoms with Crippen LogP contribution in [0.4, 0.5) is 5.13 Å². The van der Waals surface area contributed by atoms with E-state index in [1.807, 2.05) is 17.5 Å². The molecule has 2 heterocycles. The maximum atomic E-state index is 11.6. The zero-order valence-corrected chi connectivity index (χ0v) is 11.6. The SMILES string of the molecule is CCCc1nnc(NC(=O)/C=C/c2cccs2)s1. The minimum Gasteiger partial charge on any atom is -0.297 e. The molecule has 0 saturated heterocycles. The summed E-state index contributed by atoms with van der Waals surface area (Å²) in [6, 6.07) is 3.91. The van der Waals surface area contributed by atoms with Crippen LogP contribution in [-0.4, -0.2) is 16.1 Å². The van der Waals surface area contributed by atoms with Gasteiger partial charge in [-0.2, -0.15) is 0 Å². The maximum Gasteiger partial charge on any atom is 0.250 e. The van der Waals surface area contributed by atoms with Crippen molar-refractivity contribution in [3.8, 4) is 0 Å². The van der Waals surface area contributed by atoms with E-state index in [2.05, 4.69) is 22.4 Å². The van der Waals surface area contributed by atoms with E-state index in [1.54, 1.807) is 17.4 Å². The number of aryl methyl sites for hydroxylation is 1. The largest absolute Gasteiger partial charge is 0.297 e. The molecule has 0 saturated carbocycles. The molecule has 0 radical (unpaired) electrons. The number of carbonyl (C=O) groups is 1. The van der Waals surface area contributed by atoms with E-state index < -0.39 is 0 Å². The number of hydrogen-bond acceptors (Lipinski definition) is 5. The number of thiophene rings is 1. The Morgan fingerprint density at radius 1 is 1.50 bits per heavy atom. The molecule has 4 nitrogen and oxygen atoms in total. The van der Waals surface area contributed by atoms with Crippen molar-refractivity contribution in [3.05, 3.63) is 33.5 Å². The van der Waals surface area contributed by atoms with Crippen molar-refractivity contribution < 1.29 is 4.79 Å². The fraction of sp³-hybridized carbons (Fsp3) is 0.250. The van der Waals surface area contributed by atoms with E-state index in [0.717, 1.165) is 22.7 Å². The van der Waals surface area contributed by atoms with Crippen LogP contribution in [0.1, 0.15) is 23.2 Å². The van der Waals surface area contributed by atoms with E-state index in [4.69, 9.17) is 0 Å². The normalized spacial score (nSPS) is 10.9. The average Bonchev–Trinajstić information content (AvgIpc) is 2.99. The molecule has 6 heteroatoms. The molecule has 0 aliphatic carbocycles. The smallest absolute Gasteiger partial charge is 0.250 e. The molecule has 94 valence electrons. The molecule has 2 aromatic rings. The lowest BCUT2D eigenvalue weighted by atomic mass is 10.4. The monoisotopic (exact) mass is 279 g/mol. The molecule has 0 aliphatic heterocycles. The Bertz CT molecular complexity index is 531. The van der Waals surface area contributed by atoms with Crippen LogP contribution >= 0.6 is 22.7 Å². The summed E-state index contributed by atoms with van der Waals surface area (Å²) in [5.41, 5.74) is 0. The number of anilines is 1. The quantitative estimate of drug-likeness (QED) is 0.855. The van der Waals surface area contributed by atoms with Gasteiger partial charge in [0.2, 0.25) is 11.0 Å². The van der Waals surface area contributed by atoms with Gasteiger partial charge in [0, 0.05) is 17.4 Å². The maximum absolute atomic E-state index is 11.6. The number of rotatable bonds is 5. The Morgan fingerprint density at radius 2 is 2.39 bits per heavy atom. The van der Waals surface area contributed by atoms with Crippen molar-refractivity contribution in [1.29, 1.82) is 0 Å². The first kappa shape index (κ1) is 12.9. The van der Waals surface area contributed by atoms with Gasteiger partial charge < -0.3 is 0 Å². The van der Waals surface area contributed by atoms with Gasteiger partial charge in [0.25, 0.3) is 0 Å². The zero-order chi connectivity index (χ0) is 12.8. The first-order valence-corrected chi connectivity index (χ1v) is 7.32. The van der Waals surface area contributed by atoms with Crippen molar-refractivity contribution in [2.75, 3.05) is 5.32 Å². The number of nitrogens with zero attached hydrogens (tertiary/aromatic N) is 2. The second-order valence-electron chi connectivity index (χ2n) is 3.59. The highest BCUT2D eigenvalue weighted by atomic mass is 32.1. The van der Waals surface area contributed by atoms with Gasteiger partial charge in [-0.25, -0.2) is 0 Å². The van der Waals surface area contributed by atoms with E-state index in [9.17, 15) is 4.79 Å². The molecule has 0 aromatic carbocycles. The van der Waals surface area contributed by atoms with Crippen molar-refractivity contribution in [1.82, 2.24) is 10.2 Å². The molecule has 0 aliphatic rings. The van der Waals surface area contributed by atoms with Gasteiger partial charge in [0.1, 0.15) is 5.01 Å². The van der Waals surface area contributed by atoms with Crippen LogP contribution in [0.15, 0.2) is 23.6 Å². The van der Waals surface area contributed by atoms with Crippen LogP contribution < -0.4 is 5.32 Å². The van der Waals surface area contributed by atoms with E-state index >= 15 is 0 Å². The highest BCUT2D eigenvalue weighted by Crippen LogP contribution is 2.16. The molecule has 1 N–H and O–H groups in total. The summed E-state index contributed by atoms with van der Waals surface area (Å²) in [6.07, 6.45) is 5.22. The van der Waals surface area contributed by atoms with Gasteiger partial charge in [-0.3, -0.25) is 10.1 Å². The molecule has 2 aromatic heterocycles. The molecular formula is C12H13N3OS2. The fourth-order valence-electron chi connectivity index (χ4n) is 1.31. The number of aromatic nitrogens is 2. The third-order valence-corrected chi connectivity index (χ3v) is 3.84. The summed E-state index contributed by atoms with van der Waals surface area (Å²) < 4.78 is 0. The molecule has 2 rings (SSSR count). The summed E-state index contributed by atoms with van der Waals surface area (Å²) in [7, 11) is 0. The van der Waals surface area contributed by atoms with Crippen LogP contribution in [-0.2, 0) is 11.2 Å². The van der Waals surface area contributed by atoms with Crippen LogP contribution in [0, 0.1) is 0 Å².